The summed E-state index contributed by atoms with van der Waals surface area (Å²) >= 11 is 0. The van der Waals surface area contributed by atoms with E-state index in [1.54, 1.807) is 0 Å². The highest BCUT2D eigenvalue weighted by molar-refractivity contribution is 5.68. The summed E-state index contributed by atoms with van der Waals surface area (Å²) in [6.45, 7) is 3.04. The lowest BCUT2D eigenvalue weighted by molar-refractivity contribution is 0.0450. The summed E-state index contributed by atoms with van der Waals surface area (Å²) in [5.41, 5.74) is 1.22. The van der Waals surface area contributed by atoms with Crippen LogP contribution in [0.25, 0.3) is 0 Å². The van der Waals surface area contributed by atoms with E-state index in [9.17, 15) is 4.79 Å². The van der Waals surface area contributed by atoms with Crippen molar-refractivity contribution in [3.05, 3.63) is 35.9 Å². The summed E-state index contributed by atoms with van der Waals surface area (Å²) in [7, 11) is 0. The van der Waals surface area contributed by atoms with Gasteiger partial charge in [0.15, 0.2) is 0 Å². The molecule has 19 heavy (non-hydrogen) atoms. The van der Waals surface area contributed by atoms with Gasteiger partial charge in [-0.05, 0) is 31.4 Å². The Morgan fingerprint density at radius 3 is 2.79 bits per heavy atom. The number of carbonyl (C=O) groups is 1. The van der Waals surface area contributed by atoms with Crippen LogP contribution in [0.3, 0.4) is 0 Å². The quantitative estimate of drug-likeness (QED) is 0.886. The smallest absolute Gasteiger partial charge is 0.410 e. The van der Waals surface area contributed by atoms with E-state index >= 15 is 0 Å². The highest BCUT2D eigenvalue weighted by Crippen LogP contribution is 2.30. The summed E-state index contributed by atoms with van der Waals surface area (Å²) < 4.78 is 5.39. The summed E-state index contributed by atoms with van der Waals surface area (Å²) in [4.78, 5) is 13.9. The molecule has 1 amide bonds. The molecule has 2 fully saturated rings. The van der Waals surface area contributed by atoms with Gasteiger partial charge in [-0.2, -0.15) is 0 Å². The van der Waals surface area contributed by atoms with Crippen LogP contribution in [0.5, 0.6) is 0 Å². The number of carbonyl (C=O) groups excluding carboxylic acids is 1. The van der Waals surface area contributed by atoms with Gasteiger partial charge in [0.05, 0.1) is 0 Å². The molecule has 3 rings (SSSR count). The van der Waals surface area contributed by atoms with E-state index in [4.69, 9.17) is 4.74 Å². The molecule has 0 radical (unpaired) electrons. The van der Waals surface area contributed by atoms with E-state index in [0.29, 0.717) is 6.61 Å². The van der Waals surface area contributed by atoms with E-state index in [2.05, 4.69) is 5.32 Å². The number of amides is 1. The standard InChI is InChI=1S/C15H20N2O2/c18-14(19-11-13-5-2-1-3-6-13)17-10-4-7-15(12-17)8-9-16-15/h1-3,5-6,16H,4,7-12H2/t15-/m1/s1. The number of nitrogens with zero attached hydrogens (tertiary/aromatic N) is 1. The van der Waals surface area contributed by atoms with Gasteiger partial charge >= 0.3 is 6.09 Å². The Balaban J connectivity index is 1.52. The van der Waals surface area contributed by atoms with Crippen LogP contribution in [0.1, 0.15) is 24.8 Å². The maximum absolute atomic E-state index is 12.1. The molecule has 1 spiro atoms. The van der Waals surface area contributed by atoms with Crippen LogP contribution in [0.15, 0.2) is 30.3 Å². The van der Waals surface area contributed by atoms with Crippen LogP contribution in [0.4, 0.5) is 4.79 Å². The summed E-state index contributed by atoms with van der Waals surface area (Å²) in [5.74, 6) is 0. The molecule has 2 aliphatic heterocycles. The maximum atomic E-state index is 12.1. The second kappa shape index (κ2) is 5.21. The van der Waals surface area contributed by atoms with Gasteiger partial charge in [-0.15, -0.1) is 0 Å². The van der Waals surface area contributed by atoms with Crippen LogP contribution < -0.4 is 5.32 Å². The Kier molecular flexibility index (Phi) is 3.42. The topological polar surface area (TPSA) is 41.6 Å². The number of ether oxygens (including phenoxy) is 1. The molecule has 0 aliphatic carbocycles. The number of likely N-dealkylation sites (tertiary alicyclic amines) is 1. The van der Waals surface area contributed by atoms with E-state index in [1.165, 1.54) is 12.8 Å². The molecule has 0 saturated carbocycles. The minimum atomic E-state index is -0.184. The number of hydrogen-bond donors (Lipinski definition) is 1. The molecule has 2 aliphatic rings. The van der Waals surface area contributed by atoms with Crippen molar-refractivity contribution in [1.82, 2.24) is 10.2 Å². The number of benzene rings is 1. The van der Waals surface area contributed by atoms with Crippen molar-refractivity contribution >= 4 is 6.09 Å². The largest absolute Gasteiger partial charge is 0.445 e. The van der Waals surface area contributed by atoms with E-state index in [0.717, 1.165) is 31.6 Å². The first-order valence-electron chi connectivity index (χ1n) is 6.98. The number of hydrogen-bond acceptors (Lipinski definition) is 3. The highest BCUT2D eigenvalue weighted by Gasteiger charge is 2.41. The molecule has 1 atom stereocenters. The van der Waals surface area contributed by atoms with Crippen LogP contribution in [-0.4, -0.2) is 36.2 Å². The molecule has 102 valence electrons. The number of piperidine rings is 1. The van der Waals surface area contributed by atoms with Crippen LogP contribution >= 0.6 is 0 Å². The molecule has 1 aromatic rings. The van der Waals surface area contributed by atoms with Gasteiger partial charge in [0, 0.05) is 18.6 Å². The second-order valence-corrected chi connectivity index (χ2v) is 5.52. The molecule has 4 nitrogen and oxygen atoms in total. The average Bonchev–Trinajstić information content (AvgIpc) is 2.44. The van der Waals surface area contributed by atoms with Gasteiger partial charge in [0.25, 0.3) is 0 Å². The first-order valence-corrected chi connectivity index (χ1v) is 6.98. The average molecular weight is 260 g/mol. The number of nitrogens with one attached hydrogen (secondary N) is 1. The van der Waals surface area contributed by atoms with Crippen LogP contribution in [0, 0.1) is 0 Å². The van der Waals surface area contributed by atoms with Crippen molar-refractivity contribution in [2.45, 2.75) is 31.4 Å². The fourth-order valence-electron chi connectivity index (χ4n) is 2.93. The van der Waals surface area contributed by atoms with Gasteiger partial charge < -0.3 is 15.0 Å². The van der Waals surface area contributed by atoms with Gasteiger partial charge in [-0.1, -0.05) is 30.3 Å². The predicted molar refractivity (Wildman–Crippen MR) is 72.8 cm³/mol. The summed E-state index contributed by atoms with van der Waals surface area (Å²) in [6.07, 6.45) is 3.23. The lowest BCUT2D eigenvalue weighted by Gasteiger charge is -2.49. The minimum absolute atomic E-state index is 0.184. The molecule has 0 aromatic heterocycles. The van der Waals surface area contributed by atoms with Crippen LogP contribution in [-0.2, 0) is 11.3 Å². The van der Waals surface area contributed by atoms with Crippen molar-refractivity contribution in [2.24, 2.45) is 0 Å². The Bertz CT molecular complexity index is 443. The summed E-state index contributed by atoms with van der Waals surface area (Å²) in [5, 5.41) is 3.47. The highest BCUT2D eigenvalue weighted by atomic mass is 16.6. The SMILES string of the molecule is O=C(OCc1ccccc1)N1CCC[C@@]2(CCN2)C1. The zero-order chi connectivity index (χ0) is 13.1. The molecule has 1 aromatic carbocycles. The van der Waals surface area contributed by atoms with Gasteiger partial charge in [0.2, 0.25) is 0 Å². The van der Waals surface area contributed by atoms with Crippen molar-refractivity contribution in [1.29, 1.82) is 0 Å². The third kappa shape index (κ3) is 2.73. The predicted octanol–water partition coefficient (Wildman–Crippen LogP) is 2.15. The molecule has 4 heteroatoms. The van der Waals surface area contributed by atoms with Crippen molar-refractivity contribution < 1.29 is 9.53 Å². The Morgan fingerprint density at radius 1 is 1.32 bits per heavy atom. The zero-order valence-corrected chi connectivity index (χ0v) is 11.1. The lowest BCUT2D eigenvalue weighted by Crippen LogP contribution is -2.65. The minimum Gasteiger partial charge on any atom is -0.445 e. The first kappa shape index (κ1) is 12.5. The zero-order valence-electron chi connectivity index (χ0n) is 11.1. The Labute approximate surface area is 113 Å². The molecular weight excluding hydrogens is 240 g/mol. The van der Waals surface area contributed by atoms with E-state index in [-0.39, 0.29) is 11.6 Å². The molecular formula is C15H20N2O2. The van der Waals surface area contributed by atoms with Crippen molar-refractivity contribution in [2.75, 3.05) is 19.6 Å². The van der Waals surface area contributed by atoms with E-state index < -0.39 is 0 Å². The van der Waals surface area contributed by atoms with Gasteiger partial charge in [-0.3, -0.25) is 0 Å². The third-order valence-electron chi connectivity index (χ3n) is 4.14. The fourth-order valence-corrected chi connectivity index (χ4v) is 2.93. The van der Waals surface area contributed by atoms with Gasteiger partial charge in [0.1, 0.15) is 6.61 Å². The molecule has 1 N–H and O–H groups in total. The Morgan fingerprint density at radius 2 is 2.11 bits per heavy atom. The van der Waals surface area contributed by atoms with Crippen LogP contribution in [0.2, 0.25) is 0 Å². The molecule has 2 saturated heterocycles. The maximum Gasteiger partial charge on any atom is 0.410 e. The monoisotopic (exact) mass is 260 g/mol. The normalized spacial score (nSPS) is 26.0. The first-order chi connectivity index (χ1) is 9.27. The van der Waals surface area contributed by atoms with E-state index in [1.807, 2.05) is 35.2 Å². The molecule has 0 bridgehead atoms. The number of rotatable bonds is 2. The Hall–Kier alpha value is -1.55. The van der Waals surface area contributed by atoms with Gasteiger partial charge in [-0.25, -0.2) is 4.79 Å². The molecule has 0 unspecified atom stereocenters. The van der Waals surface area contributed by atoms with Crippen molar-refractivity contribution in [3.8, 4) is 0 Å². The lowest BCUT2D eigenvalue weighted by atomic mass is 9.80. The van der Waals surface area contributed by atoms with Crippen molar-refractivity contribution in [3.63, 3.8) is 0 Å². The second-order valence-electron chi connectivity index (χ2n) is 5.52. The molecule has 2 heterocycles. The summed E-state index contributed by atoms with van der Waals surface area (Å²) in [6, 6.07) is 9.81. The third-order valence-corrected chi connectivity index (χ3v) is 4.14. The fraction of sp³-hybridized carbons (Fsp3) is 0.533.